The minimum Gasteiger partial charge on any atom is -0.390 e. The molecule has 84 valence electrons. The van der Waals surface area contributed by atoms with Crippen LogP contribution in [-0.2, 0) is 6.61 Å². The van der Waals surface area contributed by atoms with Crippen molar-refractivity contribution >= 4 is 16.5 Å². The highest BCUT2D eigenvalue weighted by molar-refractivity contribution is 7.13. The van der Waals surface area contributed by atoms with Crippen LogP contribution >= 0.6 is 11.3 Å². The minimum absolute atomic E-state index is 0.0176. The van der Waals surface area contributed by atoms with Crippen molar-refractivity contribution < 1.29 is 10.2 Å². The monoisotopic (exact) mass is 228 g/mol. The molecule has 1 aliphatic rings. The lowest BCUT2D eigenvalue weighted by Crippen LogP contribution is -2.33. The van der Waals surface area contributed by atoms with Gasteiger partial charge in [-0.1, -0.05) is 6.92 Å². The average Bonchev–Trinajstić information content (AvgIpc) is 2.72. The normalized spacial score (nSPS) is 31.2. The Hall–Kier alpha value is -0.650. The third-order valence-corrected chi connectivity index (χ3v) is 3.99. The fraction of sp³-hybridized carbons (Fsp3) is 0.700. The highest BCUT2D eigenvalue weighted by atomic mass is 32.1. The molecule has 0 spiro atoms. The number of rotatable bonds is 2. The third-order valence-electron chi connectivity index (χ3n) is 3.04. The van der Waals surface area contributed by atoms with E-state index in [0.29, 0.717) is 12.2 Å². The van der Waals surface area contributed by atoms with Gasteiger partial charge in [0, 0.05) is 24.4 Å². The van der Waals surface area contributed by atoms with E-state index in [4.69, 9.17) is 5.11 Å². The van der Waals surface area contributed by atoms with Crippen LogP contribution in [0.5, 0.6) is 0 Å². The number of nitrogens with zero attached hydrogens (tertiary/aromatic N) is 2. The van der Waals surface area contributed by atoms with E-state index in [1.165, 1.54) is 11.3 Å². The van der Waals surface area contributed by atoms with Crippen molar-refractivity contribution in [3.63, 3.8) is 0 Å². The second-order valence-corrected chi connectivity index (χ2v) is 5.25. The SMILES string of the molecule is C[C@@H]1CN(c2nc(CO)cs2)C[C@]1(C)O. The van der Waals surface area contributed by atoms with Crippen LogP contribution in [0, 0.1) is 5.92 Å². The van der Waals surface area contributed by atoms with Crippen LogP contribution in [0.2, 0.25) is 0 Å². The molecule has 2 N–H and O–H groups in total. The standard InChI is InChI=1S/C10H16N2O2S/c1-7-3-12(6-10(7,2)14)9-11-8(4-13)5-15-9/h5,7,13-14H,3-4,6H2,1-2H3/t7-,10+/m1/s1. The third kappa shape index (κ3) is 2.00. The Balaban J connectivity index is 2.13. The second-order valence-electron chi connectivity index (χ2n) is 4.42. The van der Waals surface area contributed by atoms with Gasteiger partial charge in [0.2, 0.25) is 0 Å². The maximum absolute atomic E-state index is 10.0. The van der Waals surface area contributed by atoms with Crippen molar-refractivity contribution in [2.75, 3.05) is 18.0 Å². The Labute approximate surface area is 93.2 Å². The van der Waals surface area contributed by atoms with E-state index in [2.05, 4.69) is 9.88 Å². The molecule has 0 saturated carbocycles. The number of anilines is 1. The summed E-state index contributed by atoms with van der Waals surface area (Å²) in [6.45, 7) is 5.33. The molecular weight excluding hydrogens is 212 g/mol. The quantitative estimate of drug-likeness (QED) is 0.787. The summed E-state index contributed by atoms with van der Waals surface area (Å²) in [6.07, 6.45) is 0. The first kappa shape index (κ1) is 10.9. The van der Waals surface area contributed by atoms with Crippen LogP contribution < -0.4 is 4.90 Å². The molecule has 1 aromatic rings. The predicted molar refractivity (Wildman–Crippen MR) is 60.0 cm³/mol. The van der Waals surface area contributed by atoms with Gasteiger partial charge < -0.3 is 15.1 Å². The van der Waals surface area contributed by atoms with Gasteiger partial charge >= 0.3 is 0 Å². The van der Waals surface area contributed by atoms with Crippen LogP contribution in [0.3, 0.4) is 0 Å². The van der Waals surface area contributed by atoms with Gasteiger partial charge in [0.15, 0.2) is 5.13 Å². The number of thiazole rings is 1. The van der Waals surface area contributed by atoms with Gasteiger partial charge in [0.25, 0.3) is 0 Å². The molecule has 1 aliphatic heterocycles. The summed E-state index contributed by atoms with van der Waals surface area (Å²) in [7, 11) is 0. The van der Waals surface area contributed by atoms with Crippen molar-refractivity contribution in [2.45, 2.75) is 26.1 Å². The van der Waals surface area contributed by atoms with Gasteiger partial charge in [0.05, 0.1) is 17.9 Å². The first-order chi connectivity index (χ1) is 7.03. The van der Waals surface area contributed by atoms with E-state index in [9.17, 15) is 5.11 Å². The molecule has 0 aliphatic carbocycles. The zero-order valence-electron chi connectivity index (χ0n) is 8.97. The summed E-state index contributed by atoms with van der Waals surface area (Å²) in [4.78, 5) is 6.37. The molecule has 1 fully saturated rings. The van der Waals surface area contributed by atoms with Crippen LogP contribution in [-0.4, -0.2) is 33.9 Å². The number of aromatic nitrogens is 1. The van der Waals surface area contributed by atoms with Crippen molar-refractivity contribution in [3.05, 3.63) is 11.1 Å². The Kier molecular flexibility index (Phi) is 2.70. The lowest BCUT2D eigenvalue weighted by atomic mass is 9.95. The van der Waals surface area contributed by atoms with Crippen LogP contribution in [0.4, 0.5) is 5.13 Å². The van der Waals surface area contributed by atoms with Gasteiger partial charge in [0.1, 0.15) is 0 Å². The maximum atomic E-state index is 10.0. The van der Waals surface area contributed by atoms with Crippen molar-refractivity contribution in [1.29, 1.82) is 0 Å². The van der Waals surface area contributed by atoms with Gasteiger partial charge in [-0.15, -0.1) is 11.3 Å². The Morgan fingerprint density at radius 2 is 2.47 bits per heavy atom. The first-order valence-corrected chi connectivity index (χ1v) is 5.93. The molecule has 0 bridgehead atoms. The average molecular weight is 228 g/mol. The maximum Gasteiger partial charge on any atom is 0.185 e. The highest BCUT2D eigenvalue weighted by Gasteiger charge is 2.39. The largest absolute Gasteiger partial charge is 0.390 e. The molecule has 0 unspecified atom stereocenters. The summed E-state index contributed by atoms with van der Waals surface area (Å²) < 4.78 is 0. The van der Waals surface area contributed by atoms with E-state index in [1.54, 1.807) is 0 Å². The van der Waals surface area contributed by atoms with Gasteiger partial charge in [-0.25, -0.2) is 4.98 Å². The molecule has 1 aromatic heterocycles. The predicted octanol–water partition coefficient (Wildman–Crippen LogP) is 0.843. The summed E-state index contributed by atoms with van der Waals surface area (Å²) >= 11 is 1.52. The minimum atomic E-state index is -0.634. The van der Waals surface area contributed by atoms with E-state index in [1.807, 2.05) is 19.2 Å². The topological polar surface area (TPSA) is 56.6 Å². The van der Waals surface area contributed by atoms with E-state index in [0.717, 1.165) is 11.7 Å². The van der Waals surface area contributed by atoms with Crippen molar-refractivity contribution in [3.8, 4) is 0 Å². The van der Waals surface area contributed by atoms with Crippen LogP contribution in [0.25, 0.3) is 0 Å². The van der Waals surface area contributed by atoms with Crippen molar-refractivity contribution in [1.82, 2.24) is 4.98 Å². The van der Waals surface area contributed by atoms with Gasteiger partial charge in [-0.3, -0.25) is 0 Å². The summed E-state index contributed by atoms with van der Waals surface area (Å²) in [5.74, 6) is 0.249. The molecule has 0 aromatic carbocycles. The fourth-order valence-electron chi connectivity index (χ4n) is 1.79. The lowest BCUT2D eigenvalue weighted by Gasteiger charge is -2.20. The van der Waals surface area contributed by atoms with E-state index < -0.39 is 5.60 Å². The van der Waals surface area contributed by atoms with E-state index >= 15 is 0 Å². The number of β-amino-alcohol motifs (C(OH)–C–C–N with tert-alkyl or cyclic N) is 1. The summed E-state index contributed by atoms with van der Waals surface area (Å²) in [6, 6.07) is 0. The molecule has 2 rings (SSSR count). The molecule has 4 nitrogen and oxygen atoms in total. The molecule has 2 atom stereocenters. The zero-order chi connectivity index (χ0) is 11.1. The lowest BCUT2D eigenvalue weighted by molar-refractivity contribution is 0.0443. The molecule has 0 radical (unpaired) electrons. The molecule has 5 heteroatoms. The zero-order valence-corrected chi connectivity index (χ0v) is 9.79. The Bertz CT molecular complexity index is 351. The van der Waals surface area contributed by atoms with Crippen LogP contribution in [0.1, 0.15) is 19.5 Å². The van der Waals surface area contributed by atoms with E-state index in [-0.39, 0.29) is 12.5 Å². The highest BCUT2D eigenvalue weighted by Crippen LogP contribution is 2.32. The second kappa shape index (κ2) is 3.73. The molecule has 2 heterocycles. The van der Waals surface area contributed by atoms with Gasteiger partial charge in [-0.05, 0) is 6.92 Å². The summed E-state index contributed by atoms with van der Waals surface area (Å²) in [5.41, 5.74) is 0.0691. The smallest absolute Gasteiger partial charge is 0.185 e. The number of hydrogen-bond acceptors (Lipinski definition) is 5. The molecule has 15 heavy (non-hydrogen) atoms. The molecule has 1 saturated heterocycles. The first-order valence-electron chi connectivity index (χ1n) is 5.05. The van der Waals surface area contributed by atoms with Crippen LogP contribution in [0.15, 0.2) is 5.38 Å². The molecular formula is C10H16N2O2S. The Morgan fingerprint density at radius 3 is 2.93 bits per heavy atom. The fourth-order valence-corrected chi connectivity index (χ4v) is 2.62. The summed E-state index contributed by atoms with van der Waals surface area (Å²) in [5, 5.41) is 21.7. The Morgan fingerprint density at radius 1 is 1.73 bits per heavy atom. The number of aliphatic hydroxyl groups excluding tert-OH is 1. The number of hydrogen-bond donors (Lipinski definition) is 2. The van der Waals surface area contributed by atoms with Gasteiger partial charge in [-0.2, -0.15) is 0 Å². The molecule has 0 amide bonds. The van der Waals surface area contributed by atoms with Crippen molar-refractivity contribution in [2.24, 2.45) is 5.92 Å². The number of aliphatic hydroxyl groups is 2.